The Morgan fingerprint density at radius 3 is 2.50 bits per heavy atom. The van der Waals surface area contributed by atoms with Gasteiger partial charge in [0.2, 0.25) is 0 Å². The molecular formula is C10H13F2NO2S. The van der Waals surface area contributed by atoms with Gasteiger partial charge in [0, 0.05) is 11.6 Å². The van der Waals surface area contributed by atoms with Crippen LogP contribution in [0.2, 0.25) is 0 Å². The zero-order valence-corrected chi connectivity index (χ0v) is 9.29. The van der Waals surface area contributed by atoms with Gasteiger partial charge in [-0.15, -0.1) is 0 Å². The number of aliphatic hydroxyl groups is 2. The van der Waals surface area contributed by atoms with E-state index in [1.165, 1.54) is 0 Å². The van der Waals surface area contributed by atoms with E-state index >= 15 is 0 Å². The lowest BCUT2D eigenvalue weighted by Gasteiger charge is -2.19. The van der Waals surface area contributed by atoms with Crippen molar-refractivity contribution in [2.24, 2.45) is 0 Å². The van der Waals surface area contributed by atoms with Crippen LogP contribution >= 0.6 is 12.6 Å². The van der Waals surface area contributed by atoms with E-state index in [2.05, 4.69) is 12.6 Å². The maximum atomic E-state index is 13.1. The Bertz CT molecular complexity index is 376. The Morgan fingerprint density at radius 1 is 1.31 bits per heavy atom. The summed E-state index contributed by atoms with van der Waals surface area (Å²) in [6.45, 7) is 0. The van der Waals surface area contributed by atoms with E-state index in [1.54, 1.807) is 0 Å². The van der Waals surface area contributed by atoms with Crippen LogP contribution in [0.25, 0.3) is 0 Å². The molecule has 0 fully saturated rings. The third-order valence-electron chi connectivity index (χ3n) is 2.23. The fraction of sp³-hybridized carbons (Fsp3) is 0.400. The molecule has 0 radical (unpaired) electrons. The molecule has 1 aromatic rings. The van der Waals surface area contributed by atoms with Crippen LogP contribution in [0, 0.1) is 11.6 Å². The number of aliphatic hydroxyl groups excluding tert-OH is 2. The second-order valence-electron chi connectivity index (χ2n) is 3.41. The van der Waals surface area contributed by atoms with Gasteiger partial charge >= 0.3 is 0 Å². The number of nitrogens with two attached hydrogens (primary N) is 1. The molecule has 0 aromatic heterocycles. The van der Waals surface area contributed by atoms with E-state index in [0.717, 1.165) is 6.07 Å². The minimum absolute atomic E-state index is 0.146. The van der Waals surface area contributed by atoms with Crippen molar-refractivity contribution in [2.75, 3.05) is 11.5 Å². The first-order chi connectivity index (χ1) is 7.47. The molecule has 0 spiro atoms. The standard InChI is InChI=1S/C10H13F2NO2S/c11-5-3-6(9(13)7(12)4-5)10(15)8(14)1-2-16/h3-4,8,10,14-16H,1-2,13H2. The van der Waals surface area contributed by atoms with Gasteiger partial charge in [0.25, 0.3) is 0 Å². The number of rotatable bonds is 4. The van der Waals surface area contributed by atoms with Crippen LogP contribution < -0.4 is 5.73 Å². The van der Waals surface area contributed by atoms with Crippen molar-refractivity contribution in [1.29, 1.82) is 0 Å². The first-order valence-electron chi connectivity index (χ1n) is 4.68. The van der Waals surface area contributed by atoms with E-state index in [0.29, 0.717) is 11.8 Å². The lowest BCUT2D eigenvalue weighted by molar-refractivity contribution is 0.0174. The van der Waals surface area contributed by atoms with Crippen molar-refractivity contribution in [3.8, 4) is 0 Å². The highest BCUT2D eigenvalue weighted by Crippen LogP contribution is 2.27. The van der Waals surface area contributed by atoms with Crippen molar-refractivity contribution in [2.45, 2.75) is 18.6 Å². The highest BCUT2D eigenvalue weighted by Gasteiger charge is 2.22. The molecule has 3 nitrogen and oxygen atoms in total. The molecule has 2 unspecified atom stereocenters. The van der Waals surface area contributed by atoms with Crippen LogP contribution in [0.15, 0.2) is 12.1 Å². The number of benzene rings is 1. The fourth-order valence-corrected chi connectivity index (χ4v) is 1.61. The van der Waals surface area contributed by atoms with Crippen molar-refractivity contribution >= 4 is 18.3 Å². The highest BCUT2D eigenvalue weighted by molar-refractivity contribution is 7.80. The second-order valence-corrected chi connectivity index (χ2v) is 3.86. The van der Waals surface area contributed by atoms with Crippen molar-refractivity contribution < 1.29 is 19.0 Å². The molecule has 0 heterocycles. The largest absolute Gasteiger partial charge is 0.396 e. The first-order valence-corrected chi connectivity index (χ1v) is 5.32. The summed E-state index contributed by atoms with van der Waals surface area (Å²) in [4.78, 5) is 0. The van der Waals surface area contributed by atoms with Crippen LogP contribution in [0.1, 0.15) is 18.1 Å². The van der Waals surface area contributed by atoms with E-state index in [9.17, 15) is 19.0 Å². The molecule has 0 aliphatic carbocycles. The smallest absolute Gasteiger partial charge is 0.149 e. The molecule has 16 heavy (non-hydrogen) atoms. The van der Waals surface area contributed by atoms with Crippen LogP contribution in [0.5, 0.6) is 0 Å². The number of anilines is 1. The van der Waals surface area contributed by atoms with Crippen LogP contribution in [0.3, 0.4) is 0 Å². The molecule has 90 valence electrons. The SMILES string of the molecule is Nc1c(F)cc(F)cc1C(O)C(O)CCS. The third kappa shape index (κ3) is 2.84. The van der Waals surface area contributed by atoms with Crippen molar-refractivity contribution in [1.82, 2.24) is 0 Å². The van der Waals surface area contributed by atoms with E-state index in [-0.39, 0.29) is 17.7 Å². The Morgan fingerprint density at radius 2 is 1.94 bits per heavy atom. The molecule has 4 N–H and O–H groups in total. The summed E-state index contributed by atoms with van der Waals surface area (Å²) in [5.41, 5.74) is 4.85. The number of hydrogen-bond acceptors (Lipinski definition) is 4. The molecule has 1 rings (SSSR count). The molecular weight excluding hydrogens is 236 g/mol. The minimum atomic E-state index is -1.42. The number of thiol groups is 1. The molecule has 0 bridgehead atoms. The van der Waals surface area contributed by atoms with E-state index in [4.69, 9.17) is 5.73 Å². The van der Waals surface area contributed by atoms with Gasteiger partial charge in [-0.25, -0.2) is 8.78 Å². The second kappa shape index (κ2) is 5.47. The average molecular weight is 249 g/mol. The predicted molar refractivity (Wildman–Crippen MR) is 60.2 cm³/mol. The van der Waals surface area contributed by atoms with Gasteiger partial charge < -0.3 is 15.9 Å². The summed E-state index contributed by atoms with van der Waals surface area (Å²) in [5, 5.41) is 19.1. The zero-order chi connectivity index (χ0) is 12.3. The topological polar surface area (TPSA) is 66.5 Å². The van der Waals surface area contributed by atoms with E-state index in [1.807, 2.05) is 0 Å². The summed E-state index contributed by atoms with van der Waals surface area (Å²) >= 11 is 3.88. The third-order valence-corrected chi connectivity index (χ3v) is 2.49. The molecule has 1 aromatic carbocycles. The number of halogens is 2. The predicted octanol–water partition coefficient (Wildman–Crippen LogP) is 1.26. The summed E-state index contributed by atoms with van der Waals surface area (Å²) in [6.07, 6.45) is -2.37. The molecule has 0 aliphatic rings. The summed E-state index contributed by atoms with van der Waals surface area (Å²) < 4.78 is 26.0. The summed E-state index contributed by atoms with van der Waals surface area (Å²) in [7, 11) is 0. The van der Waals surface area contributed by atoms with Gasteiger partial charge in [-0.05, 0) is 18.2 Å². The van der Waals surface area contributed by atoms with Crippen LogP contribution in [0.4, 0.5) is 14.5 Å². The molecule has 0 saturated heterocycles. The van der Waals surface area contributed by atoms with Crippen molar-refractivity contribution in [3.05, 3.63) is 29.3 Å². The summed E-state index contributed by atoms with van der Waals surface area (Å²) in [6, 6.07) is 1.53. The Hall–Kier alpha value is -0.850. The highest BCUT2D eigenvalue weighted by atomic mass is 32.1. The van der Waals surface area contributed by atoms with Crippen LogP contribution in [-0.4, -0.2) is 22.1 Å². The normalized spacial score (nSPS) is 14.8. The average Bonchev–Trinajstić information content (AvgIpc) is 2.22. The maximum Gasteiger partial charge on any atom is 0.149 e. The minimum Gasteiger partial charge on any atom is -0.396 e. The fourth-order valence-electron chi connectivity index (χ4n) is 1.35. The molecule has 0 aliphatic heterocycles. The van der Waals surface area contributed by atoms with Crippen LogP contribution in [-0.2, 0) is 0 Å². The van der Waals surface area contributed by atoms with Gasteiger partial charge in [0.15, 0.2) is 0 Å². The molecule has 0 amide bonds. The van der Waals surface area contributed by atoms with Gasteiger partial charge in [0.1, 0.15) is 17.7 Å². The van der Waals surface area contributed by atoms with Crippen molar-refractivity contribution in [3.63, 3.8) is 0 Å². The molecule has 6 heteroatoms. The Balaban J connectivity index is 3.03. The van der Waals surface area contributed by atoms with Gasteiger partial charge in [-0.2, -0.15) is 12.6 Å². The zero-order valence-electron chi connectivity index (χ0n) is 8.40. The lowest BCUT2D eigenvalue weighted by atomic mass is 10.0. The monoisotopic (exact) mass is 249 g/mol. The number of nitrogen functional groups attached to an aromatic ring is 1. The quantitative estimate of drug-likeness (QED) is 0.480. The Labute approximate surface area is 97.3 Å². The van der Waals surface area contributed by atoms with Gasteiger partial charge in [-0.3, -0.25) is 0 Å². The number of hydrogen-bond donors (Lipinski definition) is 4. The Kier molecular flexibility index (Phi) is 4.52. The molecule has 2 atom stereocenters. The lowest BCUT2D eigenvalue weighted by Crippen LogP contribution is -2.20. The van der Waals surface area contributed by atoms with Gasteiger partial charge in [-0.1, -0.05) is 0 Å². The summed E-state index contributed by atoms with van der Waals surface area (Å²) in [5.74, 6) is -1.46. The first kappa shape index (κ1) is 13.2. The maximum absolute atomic E-state index is 13.1. The van der Waals surface area contributed by atoms with E-state index < -0.39 is 23.8 Å². The van der Waals surface area contributed by atoms with Gasteiger partial charge in [0.05, 0.1) is 11.8 Å². The molecule has 0 saturated carbocycles.